The van der Waals surface area contributed by atoms with Crippen LogP contribution in [-0.4, -0.2) is 17.2 Å². The fourth-order valence-electron chi connectivity index (χ4n) is 2.19. The molecule has 4 nitrogen and oxygen atoms in total. The van der Waals surface area contributed by atoms with Crippen LogP contribution in [0.1, 0.15) is 39.5 Å². The quantitative estimate of drug-likeness (QED) is 0.858. The number of fused-ring (bicyclic) bond motifs is 1. The molecule has 1 aromatic carbocycles. The average Bonchev–Trinajstić information content (AvgIpc) is 2.83. The van der Waals surface area contributed by atoms with Crippen LogP contribution in [0.4, 0.5) is 0 Å². The summed E-state index contributed by atoms with van der Waals surface area (Å²) in [4.78, 5) is 12.1. The fourth-order valence-corrected chi connectivity index (χ4v) is 3.84. The van der Waals surface area contributed by atoms with Crippen molar-refractivity contribution in [2.45, 2.75) is 46.3 Å². The highest BCUT2D eigenvalue weighted by Crippen LogP contribution is 2.45. The maximum Gasteiger partial charge on any atom is 0.143 e. The van der Waals surface area contributed by atoms with Crippen molar-refractivity contribution in [3.05, 3.63) is 27.1 Å². The van der Waals surface area contributed by atoms with Gasteiger partial charge >= 0.3 is 0 Å². The fraction of sp³-hybridized carbons (Fsp3) is 0.471. The van der Waals surface area contributed by atoms with Crippen molar-refractivity contribution < 1.29 is 19.7 Å². The zero-order valence-corrected chi connectivity index (χ0v) is 16.4. The molecule has 0 fully saturated rings. The number of aliphatic carboxylic acids is 1. The van der Waals surface area contributed by atoms with Crippen molar-refractivity contribution in [3.8, 4) is 5.75 Å². The normalized spacial score (nSPS) is 14.0. The van der Waals surface area contributed by atoms with Crippen molar-refractivity contribution in [1.82, 2.24) is 0 Å². The Labute approximate surface area is 155 Å². The van der Waals surface area contributed by atoms with Gasteiger partial charge in [0.25, 0.3) is 0 Å². The van der Waals surface area contributed by atoms with Crippen LogP contribution < -0.4 is 9.84 Å². The molecule has 0 saturated carbocycles. The zero-order valence-electron chi connectivity index (χ0n) is 14.1. The summed E-state index contributed by atoms with van der Waals surface area (Å²) < 4.78 is 6.33. The maximum atomic E-state index is 11.4. The molecule has 132 valence electrons. The Hall–Kier alpha value is -1.01. The number of rotatable bonds is 4. The minimum Gasteiger partial charge on any atom is -0.546 e. The second-order valence-corrected chi connectivity index (χ2v) is 9.08. The van der Waals surface area contributed by atoms with E-state index in [1.165, 1.54) is 11.3 Å². The lowest BCUT2D eigenvalue weighted by Gasteiger charge is -2.32. The molecular formula is C17H19Cl2O4S-. The lowest BCUT2D eigenvalue weighted by molar-refractivity contribution is -0.317. The summed E-state index contributed by atoms with van der Waals surface area (Å²) in [5.41, 5.74) is -1.70. The molecule has 1 atom stereocenters. The van der Waals surface area contributed by atoms with E-state index in [2.05, 4.69) is 0 Å². The lowest BCUT2D eigenvalue weighted by Crippen LogP contribution is -2.47. The molecule has 0 amide bonds. The number of carbonyl (C=O) groups is 1. The lowest BCUT2D eigenvalue weighted by atomic mass is 9.89. The van der Waals surface area contributed by atoms with E-state index in [1.807, 2.05) is 0 Å². The first-order chi connectivity index (χ1) is 10.8. The molecule has 0 radical (unpaired) electrons. The van der Waals surface area contributed by atoms with Gasteiger partial charge in [-0.05, 0) is 31.4 Å². The predicted octanol–water partition coefficient (Wildman–Crippen LogP) is 3.98. The van der Waals surface area contributed by atoms with Gasteiger partial charge in [-0.25, -0.2) is 0 Å². The predicted molar refractivity (Wildman–Crippen MR) is 96.0 cm³/mol. The van der Waals surface area contributed by atoms with E-state index in [1.54, 1.807) is 46.8 Å². The molecule has 0 aliphatic carbocycles. The van der Waals surface area contributed by atoms with Crippen molar-refractivity contribution in [2.24, 2.45) is 5.41 Å². The third-order valence-electron chi connectivity index (χ3n) is 3.50. The van der Waals surface area contributed by atoms with Crippen LogP contribution >= 0.6 is 34.5 Å². The van der Waals surface area contributed by atoms with E-state index in [9.17, 15) is 15.0 Å². The Kier molecular flexibility index (Phi) is 5.13. The van der Waals surface area contributed by atoms with Gasteiger partial charge in [-0.15, -0.1) is 11.3 Å². The van der Waals surface area contributed by atoms with Crippen LogP contribution in [0.2, 0.25) is 10.0 Å². The molecule has 1 N–H and O–H groups in total. The summed E-state index contributed by atoms with van der Waals surface area (Å²) in [6.45, 7) is 8.56. The van der Waals surface area contributed by atoms with E-state index in [-0.39, 0.29) is 15.8 Å². The molecule has 0 bridgehead atoms. The third kappa shape index (κ3) is 3.80. The second kappa shape index (κ2) is 6.37. The Morgan fingerprint density at radius 2 is 1.79 bits per heavy atom. The minimum absolute atomic E-state index is 0.142. The number of carboxylic acids is 1. The number of benzene rings is 1. The summed E-state index contributed by atoms with van der Waals surface area (Å²) in [5.74, 6) is -1.14. The number of carbonyl (C=O) groups excluding carboxylic acids is 1. The SMILES string of the molecule is CC(C)(O)c1cc2cc(OC(C(=O)[O-])C(C)(C)C)c(Cl)c(Cl)c2s1. The van der Waals surface area contributed by atoms with Crippen LogP contribution in [0.5, 0.6) is 5.75 Å². The van der Waals surface area contributed by atoms with Gasteiger partial charge in [-0.2, -0.15) is 0 Å². The number of hydrogen-bond acceptors (Lipinski definition) is 5. The van der Waals surface area contributed by atoms with Crippen LogP contribution in [0.25, 0.3) is 10.1 Å². The maximum absolute atomic E-state index is 11.4. The summed E-state index contributed by atoms with van der Waals surface area (Å²) >= 11 is 13.9. The van der Waals surface area contributed by atoms with E-state index < -0.39 is 23.1 Å². The highest BCUT2D eigenvalue weighted by Gasteiger charge is 2.29. The third-order valence-corrected chi connectivity index (χ3v) is 5.95. The van der Waals surface area contributed by atoms with E-state index in [0.717, 1.165) is 10.3 Å². The summed E-state index contributed by atoms with van der Waals surface area (Å²) in [7, 11) is 0. The summed E-state index contributed by atoms with van der Waals surface area (Å²) in [5, 5.41) is 22.7. The Morgan fingerprint density at radius 3 is 2.25 bits per heavy atom. The first-order valence-electron chi connectivity index (χ1n) is 7.34. The van der Waals surface area contributed by atoms with Gasteiger partial charge in [-0.1, -0.05) is 44.0 Å². The van der Waals surface area contributed by atoms with Gasteiger partial charge in [0.1, 0.15) is 16.9 Å². The van der Waals surface area contributed by atoms with Crippen LogP contribution in [0, 0.1) is 5.41 Å². The Balaban J connectivity index is 2.56. The number of halogens is 2. The molecule has 0 spiro atoms. The molecule has 0 aliphatic heterocycles. The molecular weight excluding hydrogens is 371 g/mol. The molecule has 1 heterocycles. The first-order valence-corrected chi connectivity index (χ1v) is 8.91. The molecule has 7 heteroatoms. The monoisotopic (exact) mass is 389 g/mol. The smallest absolute Gasteiger partial charge is 0.143 e. The minimum atomic E-state index is -1.32. The second-order valence-electron chi connectivity index (χ2n) is 7.27. The Morgan fingerprint density at radius 1 is 1.21 bits per heavy atom. The van der Waals surface area contributed by atoms with Gasteiger partial charge < -0.3 is 19.7 Å². The van der Waals surface area contributed by atoms with Crippen molar-refractivity contribution in [3.63, 3.8) is 0 Å². The van der Waals surface area contributed by atoms with Crippen LogP contribution in [0.3, 0.4) is 0 Å². The van der Waals surface area contributed by atoms with Gasteiger partial charge in [0.2, 0.25) is 0 Å². The molecule has 2 rings (SSSR count). The molecule has 0 saturated heterocycles. The zero-order chi connectivity index (χ0) is 18.4. The largest absolute Gasteiger partial charge is 0.546 e. The highest BCUT2D eigenvalue weighted by molar-refractivity contribution is 7.20. The molecule has 0 aliphatic rings. The molecule has 1 aromatic heterocycles. The molecule has 2 aromatic rings. The van der Waals surface area contributed by atoms with Crippen molar-refractivity contribution in [1.29, 1.82) is 0 Å². The van der Waals surface area contributed by atoms with Gasteiger partial charge in [0, 0.05) is 10.3 Å². The Bertz CT molecular complexity index is 784. The van der Waals surface area contributed by atoms with Crippen LogP contribution in [-0.2, 0) is 10.4 Å². The van der Waals surface area contributed by atoms with Crippen molar-refractivity contribution >= 4 is 50.6 Å². The molecule has 1 unspecified atom stereocenters. The number of ether oxygens (including phenoxy) is 1. The topological polar surface area (TPSA) is 69.6 Å². The molecule has 24 heavy (non-hydrogen) atoms. The van der Waals surface area contributed by atoms with Crippen LogP contribution in [0.15, 0.2) is 12.1 Å². The summed E-state index contributed by atoms with van der Waals surface area (Å²) in [6, 6.07) is 3.43. The highest BCUT2D eigenvalue weighted by atomic mass is 35.5. The first kappa shape index (κ1) is 19.3. The number of carboxylic acid groups (broad SMARTS) is 1. The van der Waals surface area contributed by atoms with E-state index in [0.29, 0.717) is 4.70 Å². The average molecular weight is 390 g/mol. The van der Waals surface area contributed by atoms with Gasteiger partial charge in [0.05, 0.1) is 21.3 Å². The number of hydrogen-bond donors (Lipinski definition) is 1. The van der Waals surface area contributed by atoms with E-state index >= 15 is 0 Å². The van der Waals surface area contributed by atoms with E-state index in [4.69, 9.17) is 27.9 Å². The summed E-state index contributed by atoms with van der Waals surface area (Å²) in [6.07, 6.45) is -1.18. The number of thiophene rings is 1. The van der Waals surface area contributed by atoms with Gasteiger partial charge in [0.15, 0.2) is 0 Å². The standard InChI is InChI=1S/C17H20Cl2O4S/c1-16(2,3)14(15(20)21)23-9-6-8-7-10(17(4,5)22)24-13(8)12(19)11(9)18/h6-7,14,22H,1-5H3,(H,20,21)/p-1. The van der Waals surface area contributed by atoms with Gasteiger partial charge in [-0.3, -0.25) is 0 Å². The van der Waals surface area contributed by atoms with Crippen molar-refractivity contribution in [2.75, 3.05) is 0 Å². The number of aliphatic hydroxyl groups is 1.